The van der Waals surface area contributed by atoms with Gasteiger partial charge in [0.05, 0.1) is 0 Å². The van der Waals surface area contributed by atoms with Crippen LogP contribution in [0.4, 0.5) is 0 Å². The second kappa shape index (κ2) is 5.87. The van der Waals surface area contributed by atoms with Gasteiger partial charge < -0.3 is 0 Å². The molecule has 0 bridgehead atoms. The van der Waals surface area contributed by atoms with Gasteiger partial charge in [-0.25, -0.2) is 0 Å². The van der Waals surface area contributed by atoms with Gasteiger partial charge in [0, 0.05) is 0 Å². The van der Waals surface area contributed by atoms with E-state index in [1.807, 2.05) is 0 Å². The maximum Gasteiger partial charge on any atom is -0.00123 e. The van der Waals surface area contributed by atoms with E-state index in [0.717, 1.165) is 11.8 Å². The summed E-state index contributed by atoms with van der Waals surface area (Å²) in [4.78, 5) is 0. The highest BCUT2D eigenvalue weighted by Crippen LogP contribution is 2.45. The van der Waals surface area contributed by atoms with Gasteiger partial charge in [-0.3, -0.25) is 0 Å². The smallest absolute Gasteiger partial charge is 0.00123 e. The van der Waals surface area contributed by atoms with Crippen LogP contribution in [0.3, 0.4) is 0 Å². The summed E-state index contributed by atoms with van der Waals surface area (Å²) in [6.07, 6.45) is 18.8. The van der Waals surface area contributed by atoms with Crippen LogP contribution in [0, 0.1) is 11.8 Å². The molecule has 0 heteroatoms. The first-order valence-electron chi connectivity index (χ1n) is 9.59. The molecule has 118 valence electrons. The zero-order valence-corrected chi connectivity index (χ0v) is 14.4. The Morgan fingerprint density at radius 1 is 0.682 bits per heavy atom. The van der Waals surface area contributed by atoms with Crippen LogP contribution in [0.25, 0.3) is 0 Å². The fourth-order valence-corrected chi connectivity index (χ4v) is 5.23. The molecule has 0 fully saturated rings. The van der Waals surface area contributed by atoms with Crippen molar-refractivity contribution in [3.63, 3.8) is 0 Å². The second-order valence-electron chi connectivity index (χ2n) is 7.90. The SMILES string of the molecule is CC1C(CCC2=CC3=C(CCCC3)C2C)=CC2=C1CCCC2. The minimum Gasteiger partial charge on any atom is -0.0627 e. The topological polar surface area (TPSA) is 0 Å². The molecule has 0 spiro atoms. The first-order chi connectivity index (χ1) is 10.7. The summed E-state index contributed by atoms with van der Waals surface area (Å²) in [6, 6.07) is 0. The van der Waals surface area contributed by atoms with Crippen LogP contribution in [0.2, 0.25) is 0 Å². The Labute approximate surface area is 136 Å². The molecule has 4 aliphatic rings. The molecule has 0 saturated heterocycles. The Morgan fingerprint density at radius 3 is 1.50 bits per heavy atom. The van der Waals surface area contributed by atoms with Gasteiger partial charge in [-0.15, -0.1) is 0 Å². The molecule has 2 unspecified atom stereocenters. The van der Waals surface area contributed by atoms with Gasteiger partial charge in [0.2, 0.25) is 0 Å². The third-order valence-corrected chi connectivity index (χ3v) is 6.69. The normalized spacial score (nSPS) is 31.2. The maximum atomic E-state index is 2.58. The third kappa shape index (κ3) is 2.45. The van der Waals surface area contributed by atoms with Gasteiger partial charge in [-0.1, -0.05) is 48.3 Å². The van der Waals surface area contributed by atoms with Crippen molar-refractivity contribution in [3.8, 4) is 0 Å². The number of hydrogen-bond acceptors (Lipinski definition) is 0. The fraction of sp³-hybridized carbons (Fsp3) is 0.636. The van der Waals surface area contributed by atoms with Crippen LogP contribution < -0.4 is 0 Å². The highest BCUT2D eigenvalue weighted by Gasteiger charge is 2.28. The van der Waals surface area contributed by atoms with Gasteiger partial charge in [-0.2, -0.15) is 0 Å². The lowest BCUT2D eigenvalue weighted by molar-refractivity contribution is 0.613. The van der Waals surface area contributed by atoms with Crippen LogP contribution in [0.1, 0.15) is 78.1 Å². The van der Waals surface area contributed by atoms with Gasteiger partial charge >= 0.3 is 0 Å². The third-order valence-electron chi connectivity index (χ3n) is 6.69. The van der Waals surface area contributed by atoms with E-state index in [1.54, 1.807) is 33.4 Å². The number of hydrogen-bond donors (Lipinski definition) is 0. The molecule has 0 N–H and O–H groups in total. The molecule has 0 aliphatic heterocycles. The molecule has 22 heavy (non-hydrogen) atoms. The van der Waals surface area contributed by atoms with E-state index in [-0.39, 0.29) is 0 Å². The van der Waals surface area contributed by atoms with Crippen molar-refractivity contribution in [2.75, 3.05) is 0 Å². The molecule has 0 aromatic carbocycles. The molecular weight excluding hydrogens is 264 g/mol. The summed E-state index contributed by atoms with van der Waals surface area (Å²) in [6.45, 7) is 4.91. The predicted molar refractivity (Wildman–Crippen MR) is 94.7 cm³/mol. The Balaban J connectivity index is 1.40. The van der Waals surface area contributed by atoms with Crippen molar-refractivity contribution in [1.29, 1.82) is 0 Å². The van der Waals surface area contributed by atoms with Gasteiger partial charge in [0.1, 0.15) is 0 Å². The van der Waals surface area contributed by atoms with E-state index in [4.69, 9.17) is 0 Å². The molecule has 0 aromatic rings. The Morgan fingerprint density at radius 2 is 1.09 bits per heavy atom. The Kier molecular flexibility index (Phi) is 3.88. The lowest BCUT2D eigenvalue weighted by Crippen LogP contribution is -2.05. The molecule has 4 aliphatic carbocycles. The number of rotatable bonds is 3. The first-order valence-corrected chi connectivity index (χ1v) is 9.59. The van der Waals surface area contributed by atoms with E-state index in [2.05, 4.69) is 26.0 Å². The minimum atomic E-state index is 0.746. The van der Waals surface area contributed by atoms with Crippen molar-refractivity contribution in [1.82, 2.24) is 0 Å². The summed E-state index contributed by atoms with van der Waals surface area (Å²) in [5.74, 6) is 1.49. The van der Waals surface area contributed by atoms with Gasteiger partial charge in [-0.05, 0) is 87.2 Å². The average molecular weight is 294 g/mol. The molecule has 0 saturated carbocycles. The molecule has 0 aromatic heterocycles. The van der Waals surface area contributed by atoms with Crippen molar-refractivity contribution < 1.29 is 0 Å². The highest BCUT2D eigenvalue weighted by molar-refractivity contribution is 5.45. The Hall–Kier alpha value is -1.04. The zero-order chi connectivity index (χ0) is 15.1. The van der Waals surface area contributed by atoms with E-state index < -0.39 is 0 Å². The van der Waals surface area contributed by atoms with Crippen LogP contribution in [-0.4, -0.2) is 0 Å². The van der Waals surface area contributed by atoms with Crippen LogP contribution >= 0.6 is 0 Å². The van der Waals surface area contributed by atoms with Crippen molar-refractivity contribution in [2.45, 2.75) is 78.1 Å². The molecule has 0 nitrogen and oxygen atoms in total. The first kappa shape index (κ1) is 14.5. The Bertz CT molecular complexity index is 540. The van der Waals surface area contributed by atoms with Crippen molar-refractivity contribution in [2.24, 2.45) is 11.8 Å². The minimum absolute atomic E-state index is 0.746. The second-order valence-corrected chi connectivity index (χ2v) is 7.90. The largest absolute Gasteiger partial charge is 0.0627 e. The standard InChI is InChI=1S/C22H30/c1-15-17(13-19-7-3-5-9-21(15)19)11-12-18-14-20-8-4-6-10-22(20)16(18)2/h13-16H,3-12H2,1-2H3. The predicted octanol–water partition coefficient (Wildman–Crippen LogP) is 6.66. The van der Waals surface area contributed by atoms with Crippen LogP contribution in [0.15, 0.2) is 45.6 Å². The lowest BCUT2D eigenvalue weighted by Gasteiger charge is -2.20. The molecule has 2 atom stereocenters. The highest BCUT2D eigenvalue weighted by atomic mass is 14.3. The van der Waals surface area contributed by atoms with E-state index >= 15 is 0 Å². The summed E-state index contributed by atoms with van der Waals surface area (Å²) in [7, 11) is 0. The molecule has 0 amide bonds. The molecular formula is C22H30. The molecule has 4 rings (SSSR count). The van der Waals surface area contributed by atoms with Crippen LogP contribution in [0.5, 0.6) is 0 Å². The summed E-state index contributed by atoms with van der Waals surface area (Å²) in [5, 5.41) is 0. The summed E-state index contributed by atoms with van der Waals surface area (Å²) >= 11 is 0. The van der Waals surface area contributed by atoms with E-state index in [1.165, 1.54) is 64.2 Å². The monoisotopic (exact) mass is 294 g/mol. The van der Waals surface area contributed by atoms with Gasteiger partial charge in [0.25, 0.3) is 0 Å². The molecule has 0 radical (unpaired) electrons. The quantitative estimate of drug-likeness (QED) is 0.546. The lowest BCUT2D eigenvalue weighted by atomic mass is 9.85. The maximum absolute atomic E-state index is 2.58. The van der Waals surface area contributed by atoms with Crippen molar-refractivity contribution in [3.05, 3.63) is 45.6 Å². The van der Waals surface area contributed by atoms with E-state index in [0.29, 0.717) is 0 Å². The van der Waals surface area contributed by atoms with Gasteiger partial charge in [0.15, 0.2) is 0 Å². The van der Waals surface area contributed by atoms with Crippen LogP contribution in [-0.2, 0) is 0 Å². The van der Waals surface area contributed by atoms with Crippen molar-refractivity contribution >= 4 is 0 Å². The number of allylic oxidation sites excluding steroid dienone is 8. The summed E-state index contributed by atoms with van der Waals surface area (Å²) in [5.41, 5.74) is 10.4. The fourth-order valence-electron chi connectivity index (χ4n) is 5.23. The summed E-state index contributed by atoms with van der Waals surface area (Å²) < 4.78 is 0. The van der Waals surface area contributed by atoms with E-state index in [9.17, 15) is 0 Å². The molecule has 0 heterocycles. The average Bonchev–Trinajstić information content (AvgIpc) is 3.04. The zero-order valence-electron chi connectivity index (χ0n) is 14.4.